The van der Waals surface area contributed by atoms with Crippen LogP contribution in [0, 0.1) is 5.82 Å². The Morgan fingerprint density at radius 3 is 2.88 bits per heavy atom. The summed E-state index contributed by atoms with van der Waals surface area (Å²) >= 11 is 5.95. The van der Waals surface area contributed by atoms with E-state index in [0.29, 0.717) is 5.76 Å². The maximum atomic E-state index is 13.8. The molecule has 5 nitrogen and oxygen atoms in total. The number of hydrogen-bond donors (Lipinski definition) is 1. The minimum absolute atomic E-state index is 0.129. The minimum Gasteiger partial charge on any atom is -0.467 e. The SMILES string of the molecule is O=C(Cc1c(F)cccc1Cl)NC[C@H](c1ccco1)n1cccn1. The molecule has 2 heterocycles. The van der Waals surface area contributed by atoms with Gasteiger partial charge in [-0.25, -0.2) is 4.39 Å². The summed E-state index contributed by atoms with van der Waals surface area (Å²) in [5.74, 6) is -0.152. The summed E-state index contributed by atoms with van der Waals surface area (Å²) in [5.41, 5.74) is 0.185. The molecule has 0 fully saturated rings. The molecule has 0 radical (unpaired) electrons. The van der Waals surface area contributed by atoms with Crippen LogP contribution < -0.4 is 5.32 Å². The Morgan fingerprint density at radius 1 is 1.33 bits per heavy atom. The van der Waals surface area contributed by atoms with E-state index < -0.39 is 5.82 Å². The largest absolute Gasteiger partial charge is 0.467 e. The Morgan fingerprint density at radius 2 is 2.21 bits per heavy atom. The van der Waals surface area contributed by atoms with Crippen molar-refractivity contribution < 1.29 is 13.6 Å². The predicted octanol–water partition coefficient (Wildman–Crippen LogP) is 3.22. The summed E-state index contributed by atoms with van der Waals surface area (Å²) in [4.78, 5) is 12.2. The van der Waals surface area contributed by atoms with Gasteiger partial charge in [-0.15, -0.1) is 0 Å². The van der Waals surface area contributed by atoms with Crippen LogP contribution in [0.2, 0.25) is 5.02 Å². The molecule has 0 spiro atoms. The van der Waals surface area contributed by atoms with Crippen LogP contribution in [0.15, 0.2) is 59.5 Å². The summed E-state index contributed by atoms with van der Waals surface area (Å²) in [6, 6.07) is 9.43. The highest BCUT2D eigenvalue weighted by Gasteiger charge is 2.19. The molecule has 0 bridgehead atoms. The average molecular weight is 348 g/mol. The lowest BCUT2D eigenvalue weighted by atomic mass is 10.1. The van der Waals surface area contributed by atoms with Crippen molar-refractivity contribution in [2.75, 3.05) is 6.54 Å². The van der Waals surface area contributed by atoms with Crippen LogP contribution in [0.4, 0.5) is 4.39 Å². The lowest BCUT2D eigenvalue weighted by molar-refractivity contribution is -0.120. The molecule has 0 saturated carbocycles. The number of aromatic nitrogens is 2. The fraction of sp³-hybridized carbons (Fsp3) is 0.176. The zero-order chi connectivity index (χ0) is 16.9. The Kier molecular flexibility index (Phi) is 4.96. The van der Waals surface area contributed by atoms with E-state index in [1.807, 2.05) is 6.07 Å². The molecular formula is C17H15ClFN3O2. The van der Waals surface area contributed by atoms with Crippen LogP contribution in [0.25, 0.3) is 0 Å². The third kappa shape index (κ3) is 3.65. The summed E-state index contributed by atoms with van der Waals surface area (Å²) in [7, 11) is 0. The first-order chi connectivity index (χ1) is 11.6. The van der Waals surface area contributed by atoms with Crippen molar-refractivity contribution in [2.24, 2.45) is 0 Å². The Balaban J connectivity index is 1.68. The predicted molar refractivity (Wildman–Crippen MR) is 87.2 cm³/mol. The Bertz CT molecular complexity index is 749. The van der Waals surface area contributed by atoms with Crippen molar-refractivity contribution in [3.63, 3.8) is 0 Å². The summed E-state index contributed by atoms with van der Waals surface area (Å²) in [6.07, 6.45) is 4.87. The lowest BCUT2D eigenvalue weighted by Gasteiger charge is -2.16. The molecular weight excluding hydrogens is 333 g/mol. The zero-order valence-corrected chi connectivity index (χ0v) is 13.4. The number of amides is 1. The molecule has 0 saturated heterocycles. The highest BCUT2D eigenvalue weighted by molar-refractivity contribution is 6.31. The smallest absolute Gasteiger partial charge is 0.224 e. The minimum atomic E-state index is -0.493. The number of benzene rings is 1. The van der Waals surface area contributed by atoms with Gasteiger partial charge >= 0.3 is 0 Å². The number of furan rings is 1. The van der Waals surface area contributed by atoms with Crippen molar-refractivity contribution in [3.8, 4) is 0 Å². The molecule has 0 aliphatic rings. The molecule has 0 aliphatic carbocycles. The van der Waals surface area contributed by atoms with Gasteiger partial charge in [0.15, 0.2) is 0 Å². The number of halogens is 2. The third-order valence-electron chi connectivity index (χ3n) is 3.61. The van der Waals surface area contributed by atoms with Crippen LogP contribution in [0.5, 0.6) is 0 Å². The molecule has 1 amide bonds. The van der Waals surface area contributed by atoms with E-state index >= 15 is 0 Å². The van der Waals surface area contributed by atoms with Gasteiger partial charge in [-0.2, -0.15) is 5.10 Å². The van der Waals surface area contributed by atoms with E-state index in [9.17, 15) is 9.18 Å². The normalized spacial score (nSPS) is 12.1. The second kappa shape index (κ2) is 7.31. The van der Waals surface area contributed by atoms with Gasteiger partial charge in [-0.3, -0.25) is 9.48 Å². The first-order valence-electron chi connectivity index (χ1n) is 7.37. The van der Waals surface area contributed by atoms with Crippen LogP contribution in [-0.2, 0) is 11.2 Å². The van der Waals surface area contributed by atoms with E-state index in [1.165, 1.54) is 12.1 Å². The number of nitrogens with one attached hydrogen (secondary N) is 1. The number of hydrogen-bond acceptors (Lipinski definition) is 3. The molecule has 7 heteroatoms. The van der Waals surface area contributed by atoms with Crippen molar-refractivity contribution in [1.29, 1.82) is 0 Å². The summed E-state index contributed by atoms with van der Waals surface area (Å²) < 4.78 is 20.9. The van der Waals surface area contributed by atoms with Crippen molar-refractivity contribution >= 4 is 17.5 Å². The van der Waals surface area contributed by atoms with Crippen molar-refractivity contribution in [3.05, 3.63) is 77.2 Å². The van der Waals surface area contributed by atoms with Crippen molar-refractivity contribution in [2.45, 2.75) is 12.5 Å². The van der Waals surface area contributed by atoms with Gasteiger partial charge in [0.05, 0.1) is 12.7 Å². The van der Waals surface area contributed by atoms with Gasteiger partial charge in [0.25, 0.3) is 0 Å². The lowest BCUT2D eigenvalue weighted by Crippen LogP contribution is -2.32. The zero-order valence-electron chi connectivity index (χ0n) is 12.7. The molecule has 124 valence electrons. The molecule has 1 aromatic carbocycles. The fourth-order valence-electron chi connectivity index (χ4n) is 2.41. The quantitative estimate of drug-likeness (QED) is 0.744. The second-order valence-corrected chi connectivity index (χ2v) is 5.61. The number of nitrogens with zero attached hydrogens (tertiary/aromatic N) is 2. The highest BCUT2D eigenvalue weighted by Crippen LogP contribution is 2.20. The highest BCUT2D eigenvalue weighted by atomic mass is 35.5. The average Bonchev–Trinajstić information content (AvgIpc) is 3.25. The van der Waals surface area contributed by atoms with Crippen LogP contribution in [0.3, 0.4) is 0 Å². The van der Waals surface area contributed by atoms with Crippen LogP contribution in [0.1, 0.15) is 17.4 Å². The molecule has 0 aliphatic heterocycles. The standard InChI is InChI=1S/C17H15ClFN3O2/c18-13-4-1-5-14(19)12(13)10-17(23)20-11-15(16-6-2-9-24-16)22-8-3-7-21-22/h1-9,15H,10-11H2,(H,20,23)/t15-/m1/s1. The molecule has 2 aromatic heterocycles. The molecule has 0 unspecified atom stereocenters. The Labute approximate surface area is 143 Å². The van der Waals surface area contributed by atoms with Gasteiger partial charge < -0.3 is 9.73 Å². The van der Waals surface area contributed by atoms with Gasteiger partial charge in [-0.1, -0.05) is 17.7 Å². The van der Waals surface area contributed by atoms with Gasteiger partial charge in [0.2, 0.25) is 5.91 Å². The molecule has 1 atom stereocenters. The first kappa shape index (κ1) is 16.3. The molecule has 1 N–H and O–H groups in total. The van der Waals surface area contributed by atoms with E-state index in [-0.39, 0.29) is 35.5 Å². The molecule has 3 aromatic rings. The summed E-state index contributed by atoms with van der Waals surface area (Å²) in [6.45, 7) is 0.264. The van der Waals surface area contributed by atoms with E-state index in [4.69, 9.17) is 16.0 Å². The number of carbonyl (C=O) groups is 1. The van der Waals surface area contributed by atoms with Crippen molar-refractivity contribution in [1.82, 2.24) is 15.1 Å². The maximum absolute atomic E-state index is 13.8. The fourth-order valence-corrected chi connectivity index (χ4v) is 2.63. The number of rotatable bonds is 6. The van der Waals surface area contributed by atoms with Gasteiger partial charge in [-0.05, 0) is 30.3 Å². The van der Waals surface area contributed by atoms with Gasteiger partial charge in [0.1, 0.15) is 17.6 Å². The maximum Gasteiger partial charge on any atom is 0.224 e. The summed E-state index contributed by atoms with van der Waals surface area (Å²) in [5, 5.41) is 7.20. The van der Waals surface area contributed by atoms with E-state index in [1.54, 1.807) is 41.5 Å². The van der Waals surface area contributed by atoms with Gasteiger partial charge in [0, 0.05) is 29.5 Å². The number of carbonyl (C=O) groups excluding carboxylic acids is 1. The second-order valence-electron chi connectivity index (χ2n) is 5.20. The monoisotopic (exact) mass is 347 g/mol. The Hall–Kier alpha value is -2.60. The topological polar surface area (TPSA) is 60.1 Å². The van der Waals surface area contributed by atoms with Crippen LogP contribution in [-0.4, -0.2) is 22.2 Å². The molecule has 3 rings (SSSR count). The van der Waals surface area contributed by atoms with E-state index in [2.05, 4.69) is 10.4 Å². The van der Waals surface area contributed by atoms with Crippen LogP contribution >= 0.6 is 11.6 Å². The van der Waals surface area contributed by atoms with E-state index in [0.717, 1.165) is 0 Å². The molecule has 24 heavy (non-hydrogen) atoms. The third-order valence-corrected chi connectivity index (χ3v) is 3.96. The first-order valence-corrected chi connectivity index (χ1v) is 7.75.